The summed E-state index contributed by atoms with van der Waals surface area (Å²) in [7, 11) is 0. The fourth-order valence-electron chi connectivity index (χ4n) is 1.80. The second-order valence-electron chi connectivity index (χ2n) is 3.49. The molecule has 2 aromatic heterocycles. The standard InChI is InChI=1S/C11H5Br3N2/c12-5-1-7-6-3-10(14)15-4-9(6)16-11(7)8(13)2-5/h1-4,16H. The van der Waals surface area contributed by atoms with Gasteiger partial charge >= 0.3 is 0 Å². The average molecular weight is 405 g/mol. The Morgan fingerprint density at radius 3 is 2.62 bits per heavy atom. The number of fused-ring (bicyclic) bond motifs is 3. The van der Waals surface area contributed by atoms with Crippen LogP contribution in [0.5, 0.6) is 0 Å². The maximum atomic E-state index is 4.21. The van der Waals surface area contributed by atoms with Crippen LogP contribution in [0.4, 0.5) is 0 Å². The number of nitrogens with zero attached hydrogens (tertiary/aromatic N) is 1. The highest BCUT2D eigenvalue weighted by atomic mass is 79.9. The molecule has 0 atom stereocenters. The fourth-order valence-corrected chi connectivity index (χ4v) is 3.46. The summed E-state index contributed by atoms with van der Waals surface area (Å²) >= 11 is 10.4. The van der Waals surface area contributed by atoms with Crippen LogP contribution in [-0.2, 0) is 0 Å². The zero-order valence-electron chi connectivity index (χ0n) is 7.89. The van der Waals surface area contributed by atoms with Crippen LogP contribution < -0.4 is 0 Å². The quantitative estimate of drug-likeness (QED) is 0.524. The number of rotatable bonds is 0. The molecule has 1 N–H and O–H groups in total. The van der Waals surface area contributed by atoms with E-state index < -0.39 is 0 Å². The van der Waals surface area contributed by atoms with Gasteiger partial charge in [-0.25, -0.2) is 4.98 Å². The number of hydrogen-bond acceptors (Lipinski definition) is 1. The number of H-pyrrole nitrogens is 1. The summed E-state index contributed by atoms with van der Waals surface area (Å²) in [6, 6.07) is 6.15. The highest BCUT2D eigenvalue weighted by Gasteiger charge is 2.08. The summed E-state index contributed by atoms with van der Waals surface area (Å²) in [6.07, 6.45) is 1.83. The van der Waals surface area contributed by atoms with Crippen molar-refractivity contribution in [3.8, 4) is 0 Å². The second-order valence-corrected chi connectivity index (χ2v) is 6.07. The molecule has 0 aliphatic carbocycles. The summed E-state index contributed by atoms with van der Waals surface area (Å²) in [5, 5.41) is 2.35. The monoisotopic (exact) mass is 402 g/mol. The van der Waals surface area contributed by atoms with Crippen molar-refractivity contribution in [2.24, 2.45) is 0 Å². The smallest absolute Gasteiger partial charge is 0.106 e. The Bertz CT molecular complexity index is 703. The highest BCUT2D eigenvalue weighted by Crippen LogP contribution is 2.33. The number of aromatic amines is 1. The SMILES string of the molecule is Brc1cc(Br)c2[nH]c3cnc(Br)cc3c2c1. The molecule has 16 heavy (non-hydrogen) atoms. The molecule has 0 radical (unpaired) electrons. The zero-order chi connectivity index (χ0) is 11.3. The van der Waals surface area contributed by atoms with Gasteiger partial charge < -0.3 is 4.98 Å². The van der Waals surface area contributed by atoms with Gasteiger partial charge in [0, 0.05) is 19.7 Å². The molecule has 0 aliphatic heterocycles. The van der Waals surface area contributed by atoms with E-state index in [9.17, 15) is 0 Å². The topological polar surface area (TPSA) is 28.7 Å². The van der Waals surface area contributed by atoms with Gasteiger partial charge in [0.15, 0.2) is 0 Å². The Morgan fingerprint density at radius 2 is 1.81 bits per heavy atom. The van der Waals surface area contributed by atoms with E-state index in [4.69, 9.17) is 0 Å². The van der Waals surface area contributed by atoms with Crippen molar-refractivity contribution in [2.45, 2.75) is 0 Å². The first kappa shape index (κ1) is 10.7. The van der Waals surface area contributed by atoms with Gasteiger partial charge in [-0.3, -0.25) is 0 Å². The molecule has 0 saturated carbocycles. The molecule has 0 fully saturated rings. The molecule has 0 amide bonds. The van der Waals surface area contributed by atoms with Crippen molar-refractivity contribution in [3.63, 3.8) is 0 Å². The van der Waals surface area contributed by atoms with E-state index in [1.807, 2.05) is 18.3 Å². The summed E-state index contributed by atoms with van der Waals surface area (Å²) in [5.74, 6) is 0. The van der Waals surface area contributed by atoms with Gasteiger partial charge in [0.2, 0.25) is 0 Å². The molecule has 0 unspecified atom stereocenters. The van der Waals surface area contributed by atoms with Crippen molar-refractivity contribution in [1.29, 1.82) is 0 Å². The van der Waals surface area contributed by atoms with Crippen LogP contribution in [-0.4, -0.2) is 9.97 Å². The van der Waals surface area contributed by atoms with Gasteiger partial charge in [-0.05, 0) is 50.1 Å². The minimum atomic E-state index is 0.844. The predicted molar refractivity (Wildman–Crippen MR) is 76.7 cm³/mol. The first-order chi connectivity index (χ1) is 7.65. The molecule has 0 saturated heterocycles. The molecule has 0 spiro atoms. The van der Waals surface area contributed by atoms with E-state index in [0.29, 0.717) is 0 Å². The second kappa shape index (κ2) is 3.82. The maximum absolute atomic E-state index is 4.21. The maximum Gasteiger partial charge on any atom is 0.106 e. The number of benzene rings is 1. The normalized spacial score (nSPS) is 11.4. The van der Waals surface area contributed by atoms with Gasteiger partial charge in [0.25, 0.3) is 0 Å². The lowest BCUT2D eigenvalue weighted by Crippen LogP contribution is -1.73. The number of halogens is 3. The van der Waals surface area contributed by atoms with E-state index >= 15 is 0 Å². The average Bonchev–Trinajstić information content (AvgIpc) is 2.57. The Kier molecular flexibility index (Phi) is 2.57. The Balaban J connectivity index is 2.57. The van der Waals surface area contributed by atoms with Crippen LogP contribution in [0.25, 0.3) is 21.8 Å². The molecule has 0 aliphatic rings. The van der Waals surface area contributed by atoms with Crippen LogP contribution in [0, 0.1) is 0 Å². The van der Waals surface area contributed by atoms with Gasteiger partial charge in [-0.15, -0.1) is 0 Å². The molecule has 3 rings (SSSR count). The molecule has 1 aromatic carbocycles. The lowest BCUT2D eigenvalue weighted by molar-refractivity contribution is 1.30. The summed E-state index contributed by atoms with van der Waals surface area (Å²) in [4.78, 5) is 7.56. The highest BCUT2D eigenvalue weighted by molar-refractivity contribution is 9.11. The third-order valence-corrected chi connectivity index (χ3v) is 3.99. The van der Waals surface area contributed by atoms with Crippen molar-refractivity contribution < 1.29 is 0 Å². The zero-order valence-corrected chi connectivity index (χ0v) is 12.6. The molecule has 5 heteroatoms. The molecule has 3 aromatic rings. The van der Waals surface area contributed by atoms with E-state index in [2.05, 4.69) is 63.8 Å². The third kappa shape index (κ3) is 1.61. The number of hydrogen-bond donors (Lipinski definition) is 1. The summed E-state index contributed by atoms with van der Waals surface area (Å²) in [6.45, 7) is 0. The van der Waals surface area contributed by atoms with Crippen molar-refractivity contribution >= 4 is 69.6 Å². The van der Waals surface area contributed by atoms with Crippen molar-refractivity contribution in [2.75, 3.05) is 0 Å². The van der Waals surface area contributed by atoms with Crippen LogP contribution in [0.15, 0.2) is 37.9 Å². The third-order valence-electron chi connectivity index (χ3n) is 2.48. The van der Waals surface area contributed by atoms with Crippen molar-refractivity contribution in [3.05, 3.63) is 37.9 Å². The van der Waals surface area contributed by atoms with E-state index in [0.717, 1.165) is 24.6 Å². The Labute approximate surface area is 117 Å². The van der Waals surface area contributed by atoms with Gasteiger partial charge in [-0.2, -0.15) is 0 Å². The van der Waals surface area contributed by atoms with E-state index in [1.54, 1.807) is 0 Å². The molecule has 2 heterocycles. The Hall–Kier alpha value is -0.390. The summed E-state index contributed by atoms with van der Waals surface area (Å²) < 4.78 is 2.95. The Morgan fingerprint density at radius 1 is 1.00 bits per heavy atom. The van der Waals surface area contributed by atoms with Gasteiger partial charge in [-0.1, -0.05) is 15.9 Å². The van der Waals surface area contributed by atoms with Gasteiger partial charge in [0.05, 0.1) is 17.2 Å². The van der Waals surface area contributed by atoms with Crippen molar-refractivity contribution in [1.82, 2.24) is 9.97 Å². The number of aromatic nitrogens is 2. The largest absolute Gasteiger partial charge is 0.352 e. The molecular weight excluding hydrogens is 400 g/mol. The lowest BCUT2D eigenvalue weighted by atomic mass is 10.2. The van der Waals surface area contributed by atoms with E-state index in [1.165, 1.54) is 10.8 Å². The first-order valence-corrected chi connectivity index (χ1v) is 6.95. The number of pyridine rings is 1. The fraction of sp³-hybridized carbons (Fsp3) is 0. The molecule has 80 valence electrons. The van der Waals surface area contributed by atoms with Gasteiger partial charge in [0.1, 0.15) is 4.60 Å². The van der Waals surface area contributed by atoms with E-state index in [-0.39, 0.29) is 0 Å². The molecule has 2 nitrogen and oxygen atoms in total. The number of nitrogens with one attached hydrogen (secondary N) is 1. The molecular formula is C11H5Br3N2. The molecule has 0 bridgehead atoms. The minimum Gasteiger partial charge on any atom is -0.352 e. The van der Waals surface area contributed by atoms with Crippen LogP contribution >= 0.6 is 47.8 Å². The summed E-state index contributed by atoms with van der Waals surface area (Å²) in [5.41, 5.74) is 2.13. The predicted octanol–water partition coefficient (Wildman–Crippen LogP) is 5.00. The van der Waals surface area contributed by atoms with Crippen LogP contribution in [0.3, 0.4) is 0 Å². The van der Waals surface area contributed by atoms with Crippen LogP contribution in [0.2, 0.25) is 0 Å². The van der Waals surface area contributed by atoms with Crippen LogP contribution in [0.1, 0.15) is 0 Å². The first-order valence-electron chi connectivity index (χ1n) is 4.57. The lowest BCUT2D eigenvalue weighted by Gasteiger charge is -1.96. The minimum absolute atomic E-state index is 0.844.